The molecule has 88 valence electrons. The van der Waals surface area contributed by atoms with Gasteiger partial charge in [-0.15, -0.1) is 0 Å². The van der Waals surface area contributed by atoms with E-state index in [1.54, 1.807) is 6.92 Å². The van der Waals surface area contributed by atoms with Gasteiger partial charge in [0.25, 0.3) is 0 Å². The molecule has 4 nitrogen and oxygen atoms in total. The molecule has 0 rings (SSSR count). The van der Waals surface area contributed by atoms with Gasteiger partial charge in [0.1, 0.15) is 0 Å². The molecule has 0 aliphatic rings. The standard InChI is InChI=1S/C11H20O4/c1-4-5-6-7-15-11(13)9(2)8-10(12)14-3/h9H,4-8H2,1-3H3. The fraction of sp³-hybridized carbons (Fsp3) is 0.818. The van der Waals surface area contributed by atoms with E-state index in [4.69, 9.17) is 4.74 Å². The summed E-state index contributed by atoms with van der Waals surface area (Å²) in [6.07, 6.45) is 3.12. The van der Waals surface area contributed by atoms with Gasteiger partial charge < -0.3 is 9.47 Å². The van der Waals surface area contributed by atoms with Gasteiger partial charge in [-0.25, -0.2) is 0 Å². The number of hydrogen-bond acceptors (Lipinski definition) is 4. The van der Waals surface area contributed by atoms with Gasteiger partial charge in [0.05, 0.1) is 26.1 Å². The Morgan fingerprint density at radius 2 is 1.93 bits per heavy atom. The maximum absolute atomic E-state index is 11.3. The first-order valence-electron chi connectivity index (χ1n) is 5.35. The Kier molecular flexibility index (Phi) is 7.68. The molecule has 0 aromatic rings. The lowest BCUT2D eigenvalue weighted by molar-refractivity contribution is -0.153. The van der Waals surface area contributed by atoms with Gasteiger partial charge in [-0.05, 0) is 6.42 Å². The molecule has 0 aromatic carbocycles. The van der Waals surface area contributed by atoms with E-state index in [1.165, 1.54) is 7.11 Å². The molecule has 0 saturated heterocycles. The van der Waals surface area contributed by atoms with Crippen LogP contribution in [0.1, 0.15) is 39.5 Å². The third-order valence-electron chi connectivity index (χ3n) is 2.10. The first kappa shape index (κ1) is 13.9. The fourth-order valence-corrected chi connectivity index (χ4v) is 1.08. The van der Waals surface area contributed by atoms with E-state index in [2.05, 4.69) is 11.7 Å². The van der Waals surface area contributed by atoms with Gasteiger partial charge in [-0.3, -0.25) is 9.59 Å². The maximum atomic E-state index is 11.3. The van der Waals surface area contributed by atoms with Crippen LogP contribution in [-0.2, 0) is 19.1 Å². The molecule has 0 N–H and O–H groups in total. The van der Waals surface area contributed by atoms with Crippen LogP contribution in [0.25, 0.3) is 0 Å². The van der Waals surface area contributed by atoms with E-state index >= 15 is 0 Å². The number of ether oxygens (including phenoxy) is 2. The normalized spacial score (nSPS) is 11.9. The largest absolute Gasteiger partial charge is 0.469 e. The lowest BCUT2D eigenvalue weighted by atomic mass is 10.1. The van der Waals surface area contributed by atoms with Crippen LogP contribution >= 0.6 is 0 Å². The van der Waals surface area contributed by atoms with Gasteiger partial charge in [0.2, 0.25) is 0 Å². The van der Waals surface area contributed by atoms with E-state index in [0.717, 1.165) is 19.3 Å². The minimum atomic E-state index is -0.418. The molecule has 0 aliphatic heterocycles. The molecule has 0 radical (unpaired) electrons. The molecule has 1 atom stereocenters. The van der Waals surface area contributed by atoms with E-state index in [0.29, 0.717) is 6.61 Å². The second kappa shape index (κ2) is 8.26. The highest BCUT2D eigenvalue weighted by molar-refractivity contribution is 5.79. The summed E-state index contributed by atoms with van der Waals surface area (Å²) >= 11 is 0. The molecule has 4 heteroatoms. The molecular formula is C11H20O4. The molecule has 0 aromatic heterocycles. The van der Waals surface area contributed by atoms with Crippen LogP contribution in [0.15, 0.2) is 0 Å². The minimum absolute atomic E-state index is 0.0864. The zero-order valence-electron chi connectivity index (χ0n) is 9.75. The summed E-state index contributed by atoms with van der Waals surface area (Å²) in [5.41, 5.74) is 0. The minimum Gasteiger partial charge on any atom is -0.469 e. The zero-order chi connectivity index (χ0) is 11.7. The van der Waals surface area contributed by atoms with Gasteiger partial charge in [-0.2, -0.15) is 0 Å². The van der Waals surface area contributed by atoms with Crippen molar-refractivity contribution in [1.29, 1.82) is 0 Å². The molecule has 0 aliphatic carbocycles. The molecule has 0 amide bonds. The Bertz CT molecular complexity index is 201. The summed E-state index contributed by atoms with van der Waals surface area (Å²) in [5, 5.41) is 0. The average molecular weight is 216 g/mol. The van der Waals surface area contributed by atoms with Crippen LogP contribution < -0.4 is 0 Å². The van der Waals surface area contributed by atoms with Crippen molar-refractivity contribution in [2.45, 2.75) is 39.5 Å². The van der Waals surface area contributed by atoms with E-state index < -0.39 is 5.92 Å². The summed E-state index contributed by atoms with van der Waals surface area (Å²) in [5.74, 6) is -1.12. The number of esters is 2. The van der Waals surface area contributed by atoms with Crippen LogP contribution in [0, 0.1) is 5.92 Å². The topological polar surface area (TPSA) is 52.6 Å². The number of rotatable bonds is 7. The van der Waals surface area contributed by atoms with Crippen LogP contribution in [0.5, 0.6) is 0 Å². The lowest BCUT2D eigenvalue weighted by Crippen LogP contribution is -2.19. The van der Waals surface area contributed by atoms with Crippen LogP contribution in [0.2, 0.25) is 0 Å². The van der Waals surface area contributed by atoms with Crippen molar-refractivity contribution in [2.24, 2.45) is 5.92 Å². The smallest absolute Gasteiger partial charge is 0.309 e. The highest BCUT2D eigenvalue weighted by Gasteiger charge is 2.18. The highest BCUT2D eigenvalue weighted by atomic mass is 16.5. The zero-order valence-corrected chi connectivity index (χ0v) is 9.75. The summed E-state index contributed by atoms with van der Waals surface area (Å²) in [6.45, 7) is 4.19. The summed E-state index contributed by atoms with van der Waals surface area (Å²) in [4.78, 5) is 22.2. The molecule has 15 heavy (non-hydrogen) atoms. The maximum Gasteiger partial charge on any atom is 0.309 e. The number of unbranched alkanes of at least 4 members (excludes halogenated alkanes) is 2. The van der Waals surface area contributed by atoms with E-state index in [9.17, 15) is 9.59 Å². The van der Waals surface area contributed by atoms with Crippen molar-refractivity contribution < 1.29 is 19.1 Å². The monoisotopic (exact) mass is 216 g/mol. The first-order valence-corrected chi connectivity index (χ1v) is 5.35. The highest BCUT2D eigenvalue weighted by Crippen LogP contribution is 2.06. The number of carbonyl (C=O) groups excluding carboxylic acids is 2. The number of methoxy groups -OCH3 is 1. The van der Waals surface area contributed by atoms with Crippen molar-refractivity contribution in [3.8, 4) is 0 Å². The van der Waals surface area contributed by atoms with E-state index in [1.807, 2.05) is 0 Å². The summed E-state index contributed by atoms with van der Waals surface area (Å²) in [6, 6.07) is 0. The van der Waals surface area contributed by atoms with Crippen molar-refractivity contribution in [2.75, 3.05) is 13.7 Å². The predicted octanol–water partition coefficient (Wildman–Crippen LogP) is 1.92. The lowest BCUT2D eigenvalue weighted by Gasteiger charge is -2.09. The van der Waals surface area contributed by atoms with Gasteiger partial charge in [0, 0.05) is 0 Å². The van der Waals surface area contributed by atoms with Crippen LogP contribution in [0.3, 0.4) is 0 Å². The van der Waals surface area contributed by atoms with Crippen LogP contribution in [0.4, 0.5) is 0 Å². The van der Waals surface area contributed by atoms with Gasteiger partial charge >= 0.3 is 11.9 Å². The predicted molar refractivity (Wildman–Crippen MR) is 56.3 cm³/mol. The molecular weight excluding hydrogens is 196 g/mol. The summed E-state index contributed by atoms with van der Waals surface area (Å²) < 4.78 is 9.47. The Balaban J connectivity index is 3.64. The van der Waals surface area contributed by atoms with Crippen molar-refractivity contribution in [3.05, 3.63) is 0 Å². The Hall–Kier alpha value is -1.06. The second-order valence-electron chi connectivity index (χ2n) is 3.56. The van der Waals surface area contributed by atoms with Gasteiger partial charge in [-0.1, -0.05) is 26.7 Å². The second-order valence-corrected chi connectivity index (χ2v) is 3.56. The van der Waals surface area contributed by atoms with Crippen molar-refractivity contribution in [3.63, 3.8) is 0 Å². The molecule has 0 bridgehead atoms. The van der Waals surface area contributed by atoms with Crippen molar-refractivity contribution >= 4 is 11.9 Å². The Labute approximate surface area is 90.9 Å². The number of hydrogen-bond donors (Lipinski definition) is 0. The molecule has 0 fully saturated rings. The molecule has 0 saturated carbocycles. The molecule has 0 spiro atoms. The third-order valence-corrected chi connectivity index (χ3v) is 2.10. The van der Waals surface area contributed by atoms with Crippen LogP contribution in [-0.4, -0.2) is 25.7 Å². The Morgan fingerprint density at radius 1 is 1.27 bits per heavy atom. The average Bonchev–Trinajstić information content (AvgIpc) is 2.23. The number of carbonyl (C=O) groups is 2. The fourth-order valence-electron chi connectivity index (χ4n) is 1.08. The Morgan fingerprint density at radius 3 is 2.47 bits per heavy atom. The quantitative estimate of drug-likeness (QED) is 0.482. The molecule has 1 unspecified atom stereocenters. The van der Waals surface area contributed by atoms with Gasteiger partial charge in [0.15, 0.2) is 0 Å². The third kappa shape index (κ3) is 6.94. The summed E-state index contributed by atoms with van der Waals surface area (Å²) in [7, 11) is 1.31. The van der Waals surface area contributed by atoms with E-state index in [-0.39, 0.29) is 18.4 Å². The van der Waals surface area contributed by atoms with Crippen molar-refractivity contribution in [1.82, 2.24) is 0 Å². The first-order chi connectivity index (χ1) is 7.11. The molecule has 0 heterocycles. The SMILES string of the molecule is CCCCCOC(=O)C(C)CC(=O)OC.